The molecule has 0 aromatic heterocycles. The number of hydrogen-bond acceptors (Lipinski definition) is 5. The average molecular weight is 404 g/mol. The smallest absolute Gasteiger partial charge is 0.411 e. The molecule has 6 nitrogen and oxygen atoms in total. The lowest BCUT2D eigenvalue weighted by Gasteiger charge is -2.36. The van der Waals surface area contributed by atoms with Gasteiger partial charge in [0.05, 0.1) is 13.2 Å². The number of nitrogens with zero attached hydrogens (tertiary/aromatic N) is 1. The minimum Gasteiger partial charge on any atom is -0.467 e. The SMILES string of the molecule is COC(=O)[C@@H]1C[C@@H]2[C@@H](O[Si](C)(C)C)C=CC[C@@H]2N1C(=O)OCc1ccccc1. The molecule has 1 heterocycles. The number of esters is 1. The van der Waals surface area contributed by atoms with Crippen molar-refractivity contribution >= 4 is 20.4 Å². The monoisotopic (exact) mass is 403 g/mol. The molecule has 2 aliphatic rings. The number of carbonyl (C=O) groups is 2. The molecule has 4 atom stereocenters. The van der Waals surface area contributed by atoms with Crippen molar-refractivity contribution in [1.82, 2.24) is 4.90 Å². The van der Waals surface area contributed by atoms with Gasteiger partial charge in [-0.15, -0.1) is 0 Å². The van der Waals surface area contributed by atoms with E-state index in [-0.39, 0.29) is 24.7 Å². The normalized spacial score (nSPS) is 26.6. The van der Waals surface area contributed by atoms with Crippen LogP contribution in [0.4, 0.5) is 4.79 Å². The molecule has 1 fully saturated rings. The van der Waals surface area contributed by atoms with E-state index in [1.54, 1.807) is 4.90 Å². The topological polar surface area (TPSA) is 65.1 Å². The van der Waals surface area contributed by atoms with Crippen LogP contribution in [0.25, 0.3) is 0 Å². The Morgan fingerprint density at radius 3 is 2.54 bits per heavy atom. The van der Waals surface area contributed by atoms with Crippen molar-refractivity contribution in [3.8, 4) is 0 Å². The molecular weight excluding hydrogens is 374 g/mol. The number of ether oxygens (including phenoxy) is 2. The van der Waals surface area contributed by atoms with Crippen LogP contribution in [0.15, 0.2) is 42.5 Å². The minimum absolute atomic E-state index is 0.0603. The molecule has 1 aromatic carbocycles. The molecule has 0 N–H and O–H groups in total. The molecule has 7 heteroatoms. The highest BCUT2D eigenvalue weighted by Crippen LogP contribution is 2.40. The van der Waals surface area contributed by atoms with Crippen molar-refractivity contribution in [2.75, 3.05) is 7.11 Å². The molecule has 0 bridgehead atoms. The maximum Gasteiger partial charge on any atom is 0.411 e. The number of likely N-dealkylation sites (tertiary alicyclic amines) is 1. The van der Waals surface area contributed by atoms with Gasteiger partial charge in [-0.1, -0.05) is 42.5 Å². The number of rotatable bonds is 5. The van der Waals surface area contributed by atoms with Crippen LogP contribution < -0.4 is 0 Å². The van der Waals surface area contributed by atoms with Crippen molar-refractivity contribution in [3.05, 3.63) is 48.0 Å². The molecule has 1 aromatic rings. The Balaban J connectivity index is 1.78. The zero-order valence-electron chi connectivity index (χ0n) is 17.0. The van der Waals surface area contributed by atoms with Crippen molar-refractivity contribution in [3.63, 3.8) is 0 Å². The Hall–Kier alpha value is -2.12. The molecule has 1 saturated heterocycles. The van der Waals surface area contributed by atoms with E-state index in [1.807, 2.05) is 36.4 Å². The molecule has 28 heavy (non-hydrogen) atoms. The van der Waals surface area contributed by atoms with Crippen LogP contribution in [0.2, 0.25) is 19.6 Å². The average Bonchev–Trinajstić information content (AvgIpc) is 3.06. The highest BCUT2D eigenvalue weighted by atomic mass is 28.4. The number of methoxy groups -OCH3 is 1. The van der Waals surface area contributed by atoms with Crippen LogP contribution in [0, 0.1) is 5.92 Å². The summed E-state index contributed by atoms with van der Waals surface area (Å²) in [6.07, 6.45) is 4.76. The number of amides is 1. The first-order valence-corrected chi connectivity index (χ1v) is 13.1. The van der Waals surface area contributed by atoms with Gasteiger partial charge in [0.2, 0.25) is 0 Å². The van der Waals surface area contributed by atoms with Gasteiger partial charge in [-0.2, -0.15) is 0 Å². The molecular formula is C21H29NO5Si. The van der Waals surface area contributed by atoms with E-state index >= 15 is 0 Å². The summed E-state index contributed by atoms with van der Waals surface area (Å²) in [7, 11) is -0.419. The van der Waals surface area contributed by atoms with E-state index in [0.29, 0.717) is 12.8 Å². The lowest BCUT2D eigenvalue weighted by Crippen LogP contribution is -2.48. The van der Waals surface area contributed by atoms with E-state index in [1.165, 1.54) is 7.11 Å². The van der Waals surface area contributed by atoms with Gasteiger partial charge in [-0.25, -0.2) is 9.59 Å². The summed E-state index contributed by atoms with van der Waals surface area (Å²) in [5, 5.41) is 0. The Morgan fingerprint density at radius 1 is 1.18 bits per heavy atom. The second-order valence-electron chi connectivity index (χ2n) is 8.31. The van der Waals surface area contributed by atoms with Gasteiger partial charge >= 0.3 is 12.1 Å². The van der Waals surface area contributed by atoms with Crippen LogP contribution >= 0.6 is 0 Å². The van der Waals surface area contributed by atoms with Crippen molar-refractivity contribution < 1.29 is 23.5 Å². The quantitative estimate of drug-likeness (QED) is 0.426. The Kier molecular flexibility index (Phi) is 6.25. The fraction of sp³-hybridized carbons (Fsp3) is 0.524. The van der Waals surface area contributed by atoms with Gasteiger partial charge in [0.1, 0.15) is 12.6 Å². The Labute approximate surface area is 167 Å². The number of benzene rings is 1. The Morgan fingerprint density at radius 2 is 1.89 bits per heavy atom. The van der Waals surface area contributed by atoms with Crippen molar-refractivity contribution in [1.29, 1.82) is 0 Å². The first-order chi connectivity index (χ1) is 13.3. The fourth-order valence-corrected chi connectivity index (χ4v) is 5.11. The lowest BCUT2D eigenvalue weighted by atomic mass is 9.87. The van der Waals surface area contributed by atoms with E-state index in [9.17, 15) is 9.59 Å². The van der Waals surface area contributed by atoms with E-state index < -0.39 is 26.4 Å². The molecule has 152 valence electrons. The third-order valence-electron chi connectivity index (χ3n) is 5.19. The molecule has 1 aliphatic carbocycles. The third kappa shape index (κ3) is 4.64. The summed E-state index contributed by atoms with van der Waals surface area (Å²) in [5.74, 6) is -0.345. The highest BCUT2D eigenvalue weighted by molar-refractivity contribution is 6.69. The van der Waals surface area contributed by atoms with Crippen LogP contribution in [-0.2, 0) is 25.3 Å². The van der Waals surface area contributed by atoms with Gasteiger partial charge < -0.3 is 13.9 Å². The maximum absolute atomic E-state index is 12.9. The van der Waals surface area contributed by atoms with Gasteiger partial charge in [-0.3, -0.25) is 4.90 Å². The largest absolute Gasteiger partial charge is 0.467 e. The van der Waals surface area contributed by atoms with Crippen molar-refractivity contribution in [2.45, 2.75) is 57.3 Å². The van der Waals surface area contributed by atoms with E-state index in [2.05, 4.69) is 25.7 Å². The summed E-state index contributed by atoms with van der Waals surface area (Å²) in [5.41, 5.74) is 0.907. The van der Waals surface area contributed by atoms with E-state index in [4.69, 9.17) is 13.9 Å². The lowest BCUT2D eigenvalue weighted by molar-refractivity contribution is -0.145. The summed E-state index contributed by atoms with van der Waals surface area (Å²) in [6.45, 7) is 6.60. The highest BCUT2D eigenvalue weighted by Gasteiger charge is 2.51. The zero-order valence-corrected chi connectivity index (χ0v) is 18.0. The second kappa shape index (κ2) is 8.49. The van der Waals surface area contributed by atoms with Gasteiger partial charge in [0.25, 0.3) is 0 Å². The third-order valence-corrected chi connectivity index (χ3v) is 6.17. The molecule has 3 rings (SSSR count). The molecule has 0 unspecified atom stereocenters. The molecule has 0 saturated carbocycles. The van der Waals surface area contributed by atoms with Crippen LogP contribution in [0.1, 0.15) is 18.4 Å². The molecule has 0 radical (unpaired) electrons. The Bertz CT molecular complexity index is 730. The molecule has 1 aliphatic heterocycles. The maximum atomic E-state index is 12.9. The number of fused-ring (bicyclic) bond motifs is 1. The summed E-state index contributed by atoms with van der Waals surface area (Å²) in [4.78, 5) is 26.9. The first kappa shape index (κ1) is 20.6. The summed E-state index contributed by atoms with van der Waals surface area (Å²) in [6, 6.07) is 8.75. The van der Waals surface area contributed by atoms with E-state index in [0.717, 1.165) is 5.56 Å². The number of carbonyl (C=O) groups excluding carboxylic acids is 2. The van der Waals surface area contributed by atoms with Gasteiger partial charge in [0.15, 0.2) is 8.32 Å². The fourth-order valence-electron chi connectivity index (χ4n) is 4.04. The van der Waals surface area contributed by atoms with Crippen molar-refractivity contribution in [2.24, 2.45) is 5.92 Å². The molecule has 0 spiro atoms. The number of hydrogen-bond donors (Lipinski definition) is 0. The van der Waals surface area contributed by atoms with Gasteiger partial charge in [-0.05, 0) is 38.0 Å². The van der Waals surface area contributed by atoms with Crippen LogP contribution in [-0.4, -0.2) is 50.6 Å². The molecule has 1 amide bonds. The summed E-state index contributed by atoms with van der Waals surface area (Å²) >= 11 is 0. The zero-order chi connectivity index (χ0) is 20.3. The predicted molar refractivity (Wildman–Crippen MR) is 108 cm³/mol. The second-order valence-corrected chi connectivity index (χ2v) is 12.8. The van der Waals surface area contributed by atoms with Crippen LogP contribution in [0.3, 0.4) is 0 Å². The standard InChI is InChI=1S/C21H29NO5Si/c1-25-20(23)18-13-16-17(11-8-12-19(16)27-28(2,3)4)22(18)21(24)26-14-15-9-6-5-7-10-15/h5-10,12,16-19H,11,13-14H2,1-4H3/t16-,17-,18-,19-/m0/s1. The van der Waals surface area contributed by atoms with Crippen LogP contribution in [0.5, 0.6) is 0 Å². The summed E-state index contributed by atoms with van der Waals surface area (Å²) < 4.78 is 16.9. The minimum atomic E-state index is -1.77. The van der Waals surface area contributed by atoms with Gasteiger partial charge in [0, 0.05) is 12.0 Å². The predicted octanol–water partition coefficient (Wildman–Crippen LogP) is 3.74. The first-order valence-electron chi connectivity index (χ1n) is 9.71.